The predicted molar refractivity (Wildman–Crippen MR) is 56.6 cm³/mol. The fraction of sp³-hybridized carbons (Fsp3) is 0.125. The maximum absolute atomic E-state index is 5.45. The van der Waals surface area contributed by atoms with Crippen LogP contribution in [0.4, 0.5) is 0 Å². The number of ether oxygens (including phenoxy) is 1. The van der Waals surface area contributed by atoms with Crippen LogP contribution in [0.25, 0.3) is 0 Å². The predicted octanol–water partition coefficient (Wildman–Crippen LogP) is 2.09. The average molecular weight is 246 g/mol. The lowest BCUT2D eigenvalue weighted by atomic mass is 10.2. The Labute approximate surface area is 84.8 Å². The summed E-state index contributed by atoms with van der Waals surface area (Å²) in [5.74, 6) is 0.736. The second-order valence-electron chi connectivity index (χ2n) is 2.21. The van der Waals surface area contributed by atoms with Crippen LogP contribution >= 0.6 is 28.1 Å². The van der Waals surface area contributed by atoms with E-state index in [4.69, 9.17) is 22.7 Å². The summed E-state index contributed by atoms with van der Waals surface area (Å²) in [7, 11) is 1.60. The van der Waals surface area contributed by atoms with E-state index in [2.05, 4.69) is 15.9 Å². The molecule has 4 heteroatoms. The van der Waals surface area contributed by atoms with Gasteiger partial charge in [-0.3, -0.25) is 0 Å². The summed E-state index contributed by atoms with van der Waals surface area (Å²) in [4.78, 5) is 0.376. The van der Waals surface area contributed by atoms with Crippen molar-refractivity contribution in [1.82, 2.24) is 0 Å². The molecule has 0 aliphatic heterocycles. The van der Waals surface area contributed by atoms with Crippen LogP contribution in [0.1, 0.15) is 5.56 Å². The van der Waals surface area contributed by atoms with Gasteiger partial charge in [0.1, 0.15) is 10.7 Å². The van der Waals surface area contributed by atoms with Crippen LogP contribution < -0.4 is 10.5 Å². The molecule has 2 nitrogen and oxygen atoms in total. The average Bonchev–Trinajstić information content (AvgIpc) is 2.05. The molecule has 64 valence electrons. The van der Waals surface area contributed by atoms with Gasteiger partial charge in [0, 0.05) is 5.56 Å². The van der Waals surface area contributed by atoms with E-state index in [1.165, 1.54) is 0 Å². The van der Waals surface area contributed by atoms with E-state index in [-0.39, 0.29) is 0 Å². The Hall–Kier alpha value is -0.610. The highest BCUT2D eigenvalue weighted by Gasteiger charge is 2.02. The van der Waals surface area contributed by atoms with E-state index >= 15 is 0 Å². The molecule has 0 saturated heterocycles. The van der Waals surface area contributed by atoms with Crippen molar-refractivity contribution in [3.63, 3.8) is 0 Å². The van der Waals surface area contributed by atoms with Gasteiger partial charge in [-0.2, -0.15) is 0 Å². The molecule has 0 atom stereocenters. The molecule has 0 unspecified atom stereocenters. The van der Waals surface area contributed by atoms with Crippen LogP contribution in [-0.4, -0.2) is 12.1 Å². The van der Waals surface area contributed by atoms with Crippen LogP contribution in [0.3, 0.4) is 0 Å². The van der Waals surface area contributed by atoms with Crippen LogP contribution in [0.2, 0.25) is 0 Å². The number of nitrogens with two attached hydrogens (primary N) is 1. The molecule has 0 aromatic heterocycles. The number of thiocarbonyl (C=S) groups is 1. The zero-order chi connectivity index (χ0) is 9.14. The molecule has 0 aliphatic carbocycles. The maximum Gasteiger partial charge on any atom is 0.133 e. The van der Waals surface area contributed by atoms with Crippen LogP contribution in [-0.2, 0) is 0 Å². The summed E-state index contributed by atoms with van der Waals surface area (Å²) in [6, 6.07) is 5.49. The fourth-order valence-corrected chi connectivity index (χ4v) is 1.35. The minimum atomic E-state index is 0.376. The van der Waals surface area contributed by atoms with E-state index in [1.54, 1.807) is 13.2 Å². The summed E-state index contributed by atoms with van der Waals surface area (Å²) in [5, 5.41) is 0. The number of hydrogen-bond donors (Lipinski definition) is 1. The highest BCUT2D eigenvalue weighted by atomic mass is 79.9. The van der Waals surface area contributed by atoms with E-state index in [1.807, 2.05) is 12.1 Å². The Morgan fingerprint density at radius 2 is 2.25 bits per heavy atom. The number of rotatable bonds is 2. The Morgan fingerprint density at radius 3 is 2.75 bits per heavy atom. The number of hydrogen-bond acceptors (Lipinski definition) is 2. The van der Waals surface area contributed by atoms with Crippen molar-refractivity contribution in [2.45, 2.75) is 0 Å². The Balaban J connectivity index is 3.13. The van der Waals surface area contributed by atoms with Crippen molar-refractivity contribution in [3.05, 3.63) is 28.2 Å². The van der Waals surface area contributed by atoms with E-state index < -0.39 is 0 Å². The third-order valence-corrected chi connectivity index (χ3v) is 2.33. The molecule has 0 heterocycles. The molecule has 1 rings (SSSR count). The molecule has 0 radical (unpaired) electrons. The number of halogens is 1. The van der Waals surface area contributed by atoms with Crippen molar-refractivity contribution < 1.29 is 4.74 Å². The molecular weight excluding hydrogens is 238 g/mol. The number of methoxy groups -OCH3 is 1. The first kappa shape index (κ1) is 9.48. The van der Waals surface area contributed by atoms with E-state index in [0.717, 1.165) is 15.8 Å². The minimum Gasteiger partial charge on any atom is -0.496 e. The third kappa shape index (κ3) is 1.95. The molecule has 0 aliphatic rings. The molecule has 0 fully saturated rings. The van der Waals surface area contributed by atoms with Gasteiger partial charge in [-0.05, 0) is 28.1 Å². The first-order chi connectivity index (χ1) is 5.65. The zero-order valence-electron chi connectivity index (χ0n) is 6.50. The van der Waals surface area contributed by atoms with Gasteiger partial charge in [-0.25, -0.2) is 0 Å². The maximum atomic E-state index is 5.45. The smallest absolute Gasteiger partial charge is 0.133 e. The summed E-state index contributed by atoms with van der Waals surface area (Å²) in [5.41, 5.74) is 6.26. The molecule has 0 spiro atoms. The second kappa shape index (κ2) is 3.87. The largest absolute Gasteiger partial charge is 0.496 e. The first-order valence-corrected chi connectivity index (χ1v) is 4.48. The second-order valence-corrected chi connectivity index (χ2v) is 3.51. The topological polar surface area (TPSA) is 35.2 Å². The quantitative estimate of drug-likeness (QED) is 0.811. The van der Waals surface area contributed by atoms with Gasteiger partial charge in [-0.1, -0.05) is 18.3 Å². The lowest BCUT2D eigenvalue weighted by molar-refractivity contribution is 0.412. The molecule has 0 amide bonds. The van der Waals surface area contributed by atoms with Gasteiger partial charge >= 0.3 is 0 Å². The van der Waals surface area contributed by atoms with E-state index in [9.17, 15) is 0 Å². The molecular formula is C8H8BrNOS. The van der Waals surface area contributed by atoms with Gasteiger partial charge < -0.3 is 10.5 Å². The molecule has 1 aromatic carbocycles. The van der Waals surface area contributed by atoms with E-state index in [0.29, 0.717) is 4.99 Å². The molecule has 12 heavy (non-hydrogen) atoms. The van der Waals surface area contributed by atoms with Gasteiger partial charge in [0.15, 0.2) is 0 Å². The zero-order valence-corrected chi connectivity index (χ0v) is 8.91. The molecule has 0 bridgehead atoms. The summed E-state index contributed by atoms with van der Waals surface area (Å²) >= 11 is 8.15. The normalized spacial score (nSPS) is 9.50. The summed E-state index contributed by atoms with van der Waals surface area (Å²) in [6.45, 7) is 0. The van der Waals surface area contributed by atoms with Crippen molar-refractivity contribution in [3.8, 4) is 5.75 Å². The SMILES string of the molecule is COc1cc(C(N)=S)ccc1Br. The highest BCUT2D eigenvalue weighted by molar-refractivity contribution is 9.10. The summed E-state index contributed by atoms with van der Waals surface area (Å²) < 4.78 is 5.97. The first-order valence-electron chi connectivity index (χ1n) is 3.28. The Kier molecular flexibility index (Phi) is 3.05. The lowest BCUT2D eigenvalue weighted by Gasteiger charge is -2.04. The fourth-order valence-electron chi connectivity index (χ4n) is 0.813. The van der Waals surface area contributed by atoms with Crippen LogP contribution in [0, 0.1) is 0 Å². The van der Waals surface area contributed by atoms with Crippen LogP contribution in [0.15, 0.2) is 22.7 Å². The van der Waals surface area contributed by atoms with Gasteiger partial charge in [0.2, 0.25) is 0 Å². The van der Waals surface area contributed by atoms with Gasteiger partial charge in [-0.15, -0.1) is 0 Å². The molecule has 1 aromatic rings. The van der Waals surface area contributed by atoms with Crippen molar-refractivity contribution in [1.29, 1.82) is 0 Å². The molecule has 2 N–H and O–H groups in total. The minimum absolute atomic E-state index is 0.376. The number of benzene rings is 1. The standard InChI is InChI=1S/C8H8BrNOS/c1-11-7-4-5(8(10)12)2-3-6(7)9/h2-4H,1H3,(H2,10,12). The Bertz CT molecular complexity index is 314. The van der Waals surface area contributed by atoms with Gasteiger partial charge in [0.25, 0.3) is 0 Å². The highest BCUT2D eigenvalue weighted by Crippen LogP contribution is 2.25. The van der Waals surface area contributed by atoms with Gasteiger partial charge in [0.05, 0.1) is 11.6 Å². The van der Waals surface area contributed by atoms with Crippen LogP contribution in [0.5, 0.6) is 5.75 Å². The van der Waals surface area contributed by atoms with Crippen molar-refractivity contribution in [2.24, 2.45) is 5.73 Å². The Morgan fingerprint density at radius 1 is 1.58 bits per heavy atom. The lowest BCUT2D eigenvalue weighted by Crippen LogP contribution is -2.09. The monoisotopic (exact) mass is 245 g/mol. The summed E-state index contributed by atoms with van der Waals surface area (Å²) in [6.07, 6.45) is 0. The molecule has 0 saturated carbocycles. The van der Waals surface area contributed by atoms with Crippen molar-refractivity contribution >= 4 is 33.1 Å². The third-order valence-electron chi connectivity index (χ3n) is 1.44. The van der Waals surface area contributed by atoms with Crippen molar-refractivity contribution in [2.75, 3.05) is 7.11 Å².